The minimum atomic E-state index is -1.63. The number of rotatable bonds is 9. The van der Waals surface area contributed by atoms with E-state index in [0.717, 1.165) is 30.9 Å². The monoisotopic (exact) mass is 418 g/mol. The summed E-state index contributed by atoms with van der Waals surface area (Å²) in [6.45, 7) is 0.539. The summed E-state index contributed by atoms with van der Waals surface area (Å²) in [5, 5.41) is 0. The molecule has 25 heavy (non-hydrogen) atoms. The molecule has 0 spiro atoms. The van der Waals surface area contributed by atoms with Crippen molar-refractivity contribution in [2.75, 3.05) is 12.3 Å². The first-order valence-corrected chi connectivity index (χ1v) is 12.9. The summed E-state index contributed by atoms with van der Waals surface area (Å²) in [6.07, 6.45) is 5.87. The average molecular weight is 417 g/mol. The Morgan fingerprint density at radius 3 is 1.80 bits per heavy atom. The maximum absolute atomic E-state index is 6.38. The Labute approximate surface area is 157 Å². The Kier molecular flexibility index (Phi) is 6.90. The summed E-state index contributed by atoms with van der Waals surface area (Å²) in [5.41, 5.74) is 1.10. The molecule has 0 fully saturated rings. The Hall–Kier alpha value is -1.37. The molecule has 130 valence electrons. The Balaban J connectivity index is 1.64. The third kappa shape index (κ3) is 6.13. The van der Waals surface area contributed by atoms with E-state index < -0.39 is 5.74 Å². The van der Waals surface area contributed by atoms with Crippen LogP contribution in [0.5, 0.6) is 0 Å². The number of hydrogen-bond donors (Lipinski definition) is 0. The van der Waals surface area contributed by atoms with E-state index in [9.17, 15) is 0 Å². The van der Waals surface area contributed by atoms with E-state index in [4.69, 9.17) is 8.94 Å². The summed E-state index contributed by atoms with van der Waals surface area (Å²) in [6, 6.07) is 25.2. The molecule has 2 aromatic carbocycles. The van der Waals surface area contributed by atoms with E-state index in [1.807, 2.05) is 12.1 Å². The van der Waals surface area contributed by atoms with Crippen LogP contribution in [-0.2, 0) is 24.0 Å². The zero-order valence-corrected chi connectivity index (χ0v) is 16.8. The summed E-state index contributed by atoms with van der Waals surface area (Å²) < 4.78 is 11.8. The molecule has 0 aliphatic carbocycles. The zero-order valence-electron chi connectivity index (χ0n) is 14.2. The van der Waals surface area contributed by atoms with Crippen LogP contribution in [0.1, 0.15) is 16.9 Å². The third-order valence-electron chi connectivity index (χ3n) is 4.19. The molecule has 0 unspecified atom stereocenters. The van der Waals surface area contributed by atoms with E-state index in [1.54, 1.807) is 6.26 Å². The number of benzene rings is 2. The predicted octanol–water partition coefficient (Wildman–Crippen LogP) is 5.30. The zero-order chi connectivity index (χ0) is 17.4. The van der Waals surface area contributed by atoms with Gasteiger partial charge in [0.2, 0.25) is 0 Å². The van der Waals surface area contributed by atoms with Gasteiger partial charge in [-0.2, -0.15) is 0 Å². The van der Waals surface area contributed by atoms with Crippen molar-refractivity contribution in [1.29, 1.82) is 0 Å². The molecule has 0 amide bonds. The van der Waals surface area contributed by atoms with Crippen molar-refractivity contribution < 1.29 is 8.94 Å². The fourth-order valence-corrected chi connectivity index (χ4v) is 6.23. The number of aryl methyl sites for hydroxylation is 2. The van der Waals surface area contributed by atoms with Gasteiger partial charge < -0.3 is 0 Å². The molecular formula is C21H23O2PSe. The topological polar surface area (TPSA) is 22.4 Å². The van der Waals surface area contributed by atoms with Gasteiger partial charge in [0.25, 0.3) is 0 Å². The van der Waals surface area contributed by atoms with Crippen LogP contribution in [0.4, 0.5) is 0 Å². The van der Waals surface area contributed by atoms with Crippen LogP contribution < -0.4 is 0 Å². The molecule has 2 nitrogen and oxygen atoms in total. The van der Waals surface area contributed by atoms with Crippen molar-refractivity contribution in [2.45, 2.75) is 19.4 Å². The van der Waals surface area contributed by atoms with Gasteiger partial charge in [-0.25, -0.2) is 0 Å². The quantitative estimate of drug-likeness (QED) is 0.348. The van der Waals surface area contributed by atoms with Gasteiger partial charge in [0.1, 0.15) is 0 Å². The second-order valence-electron chi connectivity index (χ2n) is 6.09. The molecule has 0 saturated carbocycles. The van der Waals surface area contributed by atoms with Gasteiger partial charge in [0, 0.05) is 0 Å². The van der Waals surface area contributed by atoms with E-state index >= 15 is 0 Å². The molecule has 0 N–H and O–H groups in total. The molecule has 3 aromatic rings. The molecule has 0 bridgehead atoms. The van der Waals surface area contributed by atoms with Gasteiger partial charge in [-0.05, 0) is 0 Å². The molecule has 1 heterocycles. The number of furan rings is 1. The van der Waals surface area contributed by atoms with Crippen molar-refractivity contribution in [3.8, 4) is 0 Å². The van der Waals surface area contributed by atoms with Crippen molar-refractivity contribution in [3.05, 3.63) is 95.9 Å². The van der Waals surface area contributed by atoms with Gasteiger partial charge in [-0.3, -0.25) is 0 Å². The first-order valence-electron chi connectivity index (χ1n) is 8.56. The van der Waals surface area contributed by atoms with Crippen LogP contribution in [0.3, 0.4) is 0 Å². The van der Waals surface area contributed by atoms with Crippen LogP contribution in [0.25, 0.3) is 0 Å². The minimum absolute atomic E-state index is 0.539. The van der Waals surface area contributed by atoms with E-state index in [0.29, 0.717) is 6.61 Å². The van der Waals surface area contributed by atoms with Crippen LogP contribution in [-0.4, -0.2) is 27.4 Å². The summed E-state index contributed by atoms with van der Waals surface area (Å²) in [4.78, 5) is 0. The molecule has 3 rings (SSSR count). The second kappa shape index (κ2) is 9.36. The Morgan fingerprint density at radius 2 is 1.32 bits per heavy atom. The van der Waals surface area contributed by atoms with Gasteiger partial charge in [-0.15, -0.1) is 0 Å². The molecule has 0 atom stereocenters. The first kappa shape index (κ1) is 18.4. The van der Waals surface area contributed by atoms with Crippen LogP contribution in [0.2, 0.25) is 0 Å². The van der Waals surface area contributed by atoms with Crippen molar-refractivity contribution >= 4 is 20.8 Å². The van der Waals surface area contributed by atoms with E-state index in [2.05, 4.69) is 75.8 Å². The van der Waals surface area contributed by atoms with E-state index in [-0.39, 0.29) is 0 Å². The fraction of sp³-hybridized carbons (Fsp3) is 0.238. The van der Waals surface area contributed by atoms with Crippen LogP contribution in [0.15, 0.2) is 83.5 Å². The van der Waals surface area contributed by atoms with Gasteiger partial charge in [0.15, 0.2) is 0 Å². The normalized spacial score (nSPS) is 11.5. The fourth-order valence-electron chi connectivity index (χ4n) is 2.71. The van der Waals surface area contributed by atoms with E-state index in [1.165, 1.54) is 11.1 Å². The SMILES string of the molecule is [Se]=P(CCc1ccccc1)(CCc1ccccc1)OCc1ccco1. The van der Waals surface area contributed by atoms with Crippen molar-refractivity contribution in [1.82, 2.24) is 0 Å². The third-order valence-corrected chi connectivity index (χ3v) is 9.56. The first-order chi connectivity index (χ1) is 12.2. The summed E-state index contributed by atoms with van der Waals surface area (Å²) in [5.74, 6) is 0.888. The average Bonchev–Trinajstić information content (AvgIpc) is 3.19. The molecule has 0 radical (unpaired) electrons. The maximum atomic E-state index is 6.38. The van der Waals surface area contributed by atoms with Crippen molar-refractivity contribution in [3.63, 3.8) is 0 Å². The summed E-state index contributed by atoms with van der Waals surface area (Å²) in [7, 11) is 0. The Bertz CT molecular complexity index is 738. The van der Waals surface area contributed by atoms with Crippen LogP contribution >= 0.6 is 5.74 Å². The van der Waals surface area contributed by atoms with Crippen molar-refractivity contribution in [2.24, 2.45) is 0 Å². The molecule has 0 saturated heterocycles. The molecule has 4 heteroatoms. The molecule has 0 aliphatic rings. The van der Waals surface area contributed by atoms with Gasteiger partial charge in [-0.1, -0.05) is 0 Å². The molecule has 1 aromatic heterocycles. The molecular weight excluding hydrogens is 394 g/mol. The summed E-state index contributed by atoms with van der Waals surface area (Å²) >= 11 is 3.44. The standard InChI is InChI=1S/C21H23O2PSe/c25-24(23-18-21-12-7-15-22-21,16-13-19-8-3-1-4-9-19)17-14-20-10-5-2-6-11-20/h1-12,15H,13-14,16-18H2. The number of hydrogen-bond acceptors (Lipinski definition) is 2. The van der Waals surface area contributed by atoms with Crippen LogP contribution in [0, 0.1) is 0 Å². The molecule has 0 aliphatic heterocycles. The van der Waals surface area contributed by atoms with Gasteiger partial charge in [0.05, 0.1) is 0 Å². The van der Waals surface area contributed by atoms with Gasteiger partial charge >= 0.3 is 157 Å². The Morgan fingerprint density at radius 1 is 0.760 bits per heavy atom. The second-order valence-corrected chi connectivity index (χ2v) is 13.1. The predicted molar refractivity (Wildman–Crippen MR) is 106 cm³/mol.